The van der Waals surface area contributed by atoms with Gasteiger partial charge in [0.2, 0.25) is 0 Å². The van der Waals surface area contributed by atoms with Gasteiger partial charge in [0.05, 0.1) is 12.1 Å². The van der Waals surface area contributed by atoms with Gasteiger partial charge in [-0.05, 0) is 53.4 Å². The molecule has 0 saturated heterocycles. The molecule has 6 nitrogen and oxygen atoms in total. The first-order chi connectivity index (χ1) is 11.8. The predicted octanol–water partition coefficient (Wildman–Crippen LogP) is 4.45. The van der Waals surface area contributed by atoms with Crippen LogP contribution in [0.3, 0.4) is 0 Å². The molecule has 2 rings (SSSR count). The van der Waals surface area contributed by atoms with Crippen LogP contribution >= 0.6 is 0 Å². The third-order valence-corrected chi connectivity index (χ3v) is 4.16. The van der Waals surface area contributed by atoms with E-state index in [2.05, 4.69) is 21.7 Å². The Morgan fingerprint density at radius 2 is 1.48 bits per heavy atom. The Morgan fingerprint density at radius 3 is 1.84 bits per heavy atom. The van der Waals surface area contributed by atoms with Crippen molar-refractivity contribution in [3.63, 3.8) is 0 Å². The SMILES string of the molecule is CC(C)(C#N)N=NC1CCCCC1.CC(C)=O.NNC1CCCCC1. The molecule has 0 aliphatic heterocycles. The number of nitrogens with two attached hydrogens (primary N) is 1. The van der Waals surface area contributed by atoms with Crippen LogP contribution in [-0.4, -0.2) is 23.4 Å². The molecule has 0 heterocycles. The van der Waals surface area contributed by atoms with Crippen LogP contribution in [0.15, 0.2) is 10.2 Å². The molecule has 0 aromatic heterocycles. The summed E-state index contributed by atoms with van der Waals surface area (Å²) in [5.41, 5.74) is 2.16. The van der Waals surface area contributed by atoms with E-state index in [9.17, 15) is 4.79 Å². The summed E-state index contributed by atoms with van der Waals surface area (Å²) >= 11 is 0. The number of nitrogens with zero attached hydrogens (tertiary/aromatic N) is 3. The lowest BCUT2D eigenvalue weighted by Crippen LogP contribution is -2.36. The van der Waals surface area contributed by atoms with Gasteiger partial charge in [-0.25, -0.2) is 0 Å². The average Bonchev–Trinajstić information content (AvgIpc) is 2.62. The number of hydrazine groups is 1. The number of Topliss-reactive ketones (excluding diaryl/α,β-unsaturated/α-hetero) is 1. The van der Waals surface area contributed by atoms with Crippen LogP contribution in [0.25, 0.3) is 0 Å². The third-order valence-electron chi connectivity index (χ3n) is 4.16. The van der Waals surface area contributed by atoms with E-state index in [1.807, 2.05) is 0 Å². The zero-order valence-corrected chi connectivity index (χ0v) is 16.6. The van der Waals surface area contributed by atoms with Crippen LogP contribution in [0, 0.1) is 11.3 Å². The number of ketones is 1. The number of rotatable bonds is 3. The van der Waals surface area contributed by atoms with Gasteiger partial charge in [0, 0.05) is 6.04 Å². The van der Waals surface area contributed by atoms with Crippen LogP contribution in [0.5, 0.6) is 0 Å². The molecule has 2 fully saturated rings. The second kappa shape index (κ2) is 13.9. The van der Waals surface area contributed by atoms with Crippen molar-refractivity contribution in [2.24, 2.45) is 16.1 Å². The van der Waals surface area contributed by atoms with E-state index in [0.29, 0.717) is 12.1 Å². The van der Waals surface area contributed by atoms with Crippen molar-refractivity contribution in [1.29, 1.82) is 5.26 Å². The van der Waals surface area contributed by atoms with E-state index in [0.717, 1.165) is 12.8 Å². The fourth-order valence-electron chi connectivity index (χ4n) is 2.71. The molecule has 0 unspecified atom stereocenters. The minimum atomic E-state index is -0.641. The van der Waals surface area contributed by atoms with Gasteiger partial charge in [-0.2, -0.15) is 15.5 Å². The molecule has 0 spiro atoms. The summed E-state index contributed by atoms with van der Waals surface area (Å²) in [6, 6.07) is 3.11. The lowest BCUT2D eigenvalue weighted by atomic mass is 9.96. The Hall–Kier alpha value is -1.32. The van der Waals surface area contributed by atoms with Crippen LogP contribution < -0.4 is 11.3 Å². The molecule has 0 radical (unpaired) electrons. The molecule has 6 heteroatoms. The van der Waals surface area contributed by atoms with E-state index in [-0.39, 0.29) is 5.78 Å². The number of hydrogen-bond donors (Lipinski definition) is 2. The van der Waals surface area contributed by atoms with Gasteiger partial charge in [0.15, 0.2) is 5.54 Å². The maximum absolute atomic E-state index is 9.44. The molecule has 3 N–H and O–H groups in total. The number of nitriles is 1. The normalized spacial score (nSPS) is 19.2. The summed E-state index contributed by atoms with van der Waals surface area (Å²) in [4.78, 5) is 9.44. The molecule has 2 saturated carbocycles. The first-order valence-electron chi connectivity index (χ1n) is 9.57. The zero-order chi connectivity index (χ0) is 19.1. The van der Waals surface area contributed by atoms with Crippen LogP contribution in [0.2, 0.25) is 0 Å². The fraction of sp³-hybridized carbons (Fsp3) is 0.895. The standard InChI is InChI=1S/C10H17N3.C6H14N2.C3H6O/c1-10(2,8-11)13-12-9-6-4-3-5-7-9;7-8-6-4-2-1-3-5-6;1-3(2)4/h9H,3-7H2,1-2H3;6,8H,1-5,7H2;1-2H3. The first kappa shape index (κ1) is 23.7. The van der Waals surface area contributed by atoms with Gasteiger partial charge >= 0.3 is 0 Å². The Balaban J connectivity index is 0.000000407. The molecule has 2 aliphatic rings. The molecule has 0 aromatic rings. The number of nitrogens with one attached hydrogen (secondary N) is 1. The topological polar surface area (TPSA) is 104 Å². The minimum absolute atomic E-state index is 0.167. The highest BCUT2D eigenvalue weighted by Crippen LogP contribution is 2.21. The summed E-state index contributed by atoms with van der Waals surface area (Å²) in [6.45, 7) is 6.64. The fourth-order valence-corrected chi connectivity index (χ4v) is 2.71. The van der Waals surface area contributed by atoms with Crippen LogP contribution in [0.4, 0.5) is 0 Å². The Bertz CT molecular complexity index is 412. The molecule has 0 atom stereocenters. The van der Waals surface area contributed by atoms with Crippen LogP contribution in [-0.2, 0) is 4.79 Å². The van der Waals surface area contributed by atoms with Crippen molar-refractivity contribution >= 4 is 5.78 Å². The highest BCUT2D eigenvalue weighted by molar-refractivity contribution is 5.72. The summed E-state index contributed by atoms with van der Waals surface area (Å²) < 4.78 is 0. The Labute approximate surface area is 153 Å². The molecular weight excluding hydrogens is 314 g/mol. The largest absolute Gasteiger partial charge is 0.300 e. The number of carbonyl (C=O) groups excluding carboxylic acids is 1. The van der Waals surface area contributed by atoms with Crippen molar-refractivity contribution in [3.8, 4) is 6.07 Å². The maximum atomic E-state index is 9.44. The minimum Gasteiger partial charge on any atom is -0.300 e. The molecule has 0 amide bonds. The smallest absolute Gasteiger partial charge is 0.161 e. The number of carbonyl (C=O) groups is 1. The monoisotopic (exact) mass is 351 g/mol. The van der Waals surface area contributed by atoms with Crippen LogP contribution in [0.1, 0.15) is 91.9 Å². The summed E-state index contributed by atoms with van der Waals surface area (Å²) in [7, 11) is 0. The maximum Gasteiger partial charge on any atom is 0.161 e. The van der Waals surface area contributed by atoms with Gasteiger partial charge in [-0.3, -0.25) is 11.3 Å². The Morgan fingerprint density at radius 1 is 1.04 bits per heavy atom. The van der Waals surface area contributed by atoms with Gasteiger partial charge in [0.25, 0.3) is 0 Å². The molecular formula is C19H37N5O. The van der Waals surface area contributed by atoms with E-state index in [1.165, 1.54) is 65.2 Å². The molecule has 0 bridgehead atoms. The van der Waals surface area contributed by atoms with Gasteiger partial charge < -0.3 is 4.79 Å². The van der Waals surface area contributed by atoms with Gasteiger partial charge in [0.1, 0.15) is 5.78 Å². The number of hydrogen-bond acceptors (Lipinski definition) is 6. The highest BCUT2D eigenvalue weighted by atomic mass is 16.1. The lowest BCUT2D eigenvalue weighted by Gasteiger charge is -2.19. The van der Waals surface area contributed by atoms with Gasteiger partial charge in [-0.1, -0.05) is 38.5 Å². The zero-order valence-electron chi connectivity index (χ0n) is 16.6. The molecule has 2 aliphatic carbocycles. The predicted molar refractivity (Wildman–Crippen MR) is 102 cm³/mol. The van der Waals surface area contributed by atoms with Crippen molar-refractivity contribution < 1.29 is 4.79 Å². The van der Waals surface area contributed by atoms with Crippen molar-refractivity contribution in [2.75, 3.05) is 0 Å². The second-order valence-electron chi connectivity index (χ2n) is 7.59. The van der Waals surface area contributed by atoms with Crippen molar-refractivity contribution in [3.05, 3.63) is 0 Å². The van der Waals surface area contributed by atoms with Gasteiger partial charge in [-0.15, -0.1) is 0 Å². The van der Waals surface area contributed by atoms with E-state index in [1.54, 1.807) is 13.8 Å². The highest BCUT2D eigenvalue weighted by Gasteiger charge is 2.17. The summed E-state index contributed by atoms with van der Waals surface area (Å²) in [5.74, 6) is 5.42. The summed E-state index contributed by atoms with van der Waals surface area (Å²) in [5, 5.41) is 17.0. The average molecular weight is 352 g/mol. The van der Waals surface area contributed by atoms with Crippen molar-refractivity contribution in [1.82, 2.24) is 5.43 Å². The third kappa shape index (κ3) is 14.7. The number of azo groups is 1. The molecule has 25 heavy (non-hydrogen) atoms. The van der Waals surface area contributed by atoms with E-state index >= 15 is 0 Å². The molecule has 144 valence electrons. The van der Waals surface area contributed by atoms with Crippen molar-refractivity contribution in [2.45, 2.75) is 110 Å². The summed E-state index contributed by atoms with van der Waals surface area (Å²) in [6.07, 6.45) is 12.8. The lowest BCUT2D eigenvalue weighted by molar-refractivity contribution is -0.114. The second-order valence-corrected chi connectivity index (χ2v) is 7.59. The Kier molecular flexibility index (Phi) is 13.2. The van der Waals surface area contributed by atoms with E-state index in [4.69, 9.17) is 11.1 Å². The quantitative estimate of drug-likeness (QED) is 0.445. The van der Waals surface area contributed by atoms with E-state index < -0.39 is 5.54 Å². The molecule has 0 aromatic carbocycles. The first-order valence-corrected chi connectivity index (χ1v) is 9.57.